The molecule has 1 aromatic heterocycles. The molecule has 0 atom stereocenters. The molecule has 0 aliphatic carbocycles. The SMILES string of the molecule is CC(C)(C)c1ccc(S(=O)(=O)Nc2ccc3[nH]c(OC(=O)NCCO)c(-c4ccccc4)c3c2)cc1. The Bertz CT molecular complexity index is 1470. The van der Waals surface area contributed by atoms with E-state index in [1.54, 1.807) is 30.3 Å². The largest absolute Gasteiger partial charge is 0.413 e. The van der Waals surface area contributed by atoms with Gasteiger partial charge in [0, 0.05) is 23.1 Å². The molecule has 188 valence electrons. The number of aliphatic hydroxyl groups excluding tert-OH is 1. The summed E-state index contributed by atoms with van der Waals surface area (Å²) in [6.07, 6.45) is -0.715. The van der Waals surface area contributed by atoms with Gasteiger partial charge in [0.25, 0.3) is 10.0 Å². The van der Waals surface area contributed by atoms with Crippen molar-refractivity contribution in [2.24, 2.45) is 0 Å². The van der Waals surface area contributed by atoms with E-state index in [-0.39, 0.29) is 29.3 Å². The molecule has 0 bridgehead atoms. The van der Waals surface area contributed by atoms with E-state index in [2.05, 4.69) is 35.8 Å². The zero-order chi connectivity index (χ0) is 25.9. The fraction of sp³-hybridized carbons (Fsp3) is 0.222. The molecule has 0 aliphatic heterocycles. The highest BCUT2D eigenvalue weighted by molar-refractivity contribution is 7.92. The molecule has 1 heterocycles. The van der Waals surface area contributed by atoms with Gasteiger partial charge in [0.05, 0.1) is 17.1 Å². The molecule has 0 aliphatic rings. The zero-order valence-corrected chi connectivity index (χ0v) is 21.1. The van der Waals surface area contributed by atoms with Crippen LogP contribution in [-0.2, 0) is 15.4 Å². The summed E-state index contributed by atoms with van der Waals surface area (Å²) in [5.41, 5.74) is 3.38. The van der Waals surface area contributed by atoms with E-state index in [1.807, 2.05) is 42.5 Å². The van der Waals surface area contributed by atoms with Crippen LogP contribution in [0.2, 0.25) is 0 Å². The number of anilines is 1. The van der Waals surface area contributed by atoms with Gasteiger partial charge < -0.3 is 20.1 Å². The van der Waals surface area contributed by atoms with Crippen LogP contribution in [0.3, 0.4) is 0 Å². The maximum Gasteiger partial charge on any atom is 0.413 e. The molecule has 0 unspecified atom stereocenters. The molecule has 0 radical (unpaired) electrons. The lowest BCUT2D eigenvalue weighted by Crippen LogP contribution is -2.29. The molecule has 3 aromatic carbocycles. The van der Waals surface area contributed by atoms with Gasteiger partial charge in [0.1, 0.15) is 0 Å². The van der Waals surface area contributed by atoms with E-state index in [9.17, 15) is 13.2 Å². The lowest BCUT2D eigenvalue weighted by Gasteiger charge is -2.19. The van der Waals surface area contributed by atoms with Crippen molar-refractivity contribution in [1.29, 1.82) is 0 Å². The van der Waals surface area contributed by atoms with Gasteiger partial charge >= 0.3 is 6.09 Å². The Kier molecular flexibility index (Phi) is 7.05. The molecule has 1 amide bonds. The second-order valence-corrected chi connectivity index (χ2v) is 11.1. The summed E-state index contributed by atoms with van der Waals surface area (Å²) in [4.78, 5) is 15.4. The number of aromatic nitrogens is 1. The average Bonchev–Trinajstić information content (AvgIpc) is 3.19. The normalized spacial score (nSPS) is 11.9. The molecule has 8 nitrogen and oxygen atoms in total. The number of carbonyl (C=O) groups is 1. The number of fused-ring (bicyclic) bond motifs is 1. The van der Waals surface area contributed by atoms with Gasteiger partial charge in [-0.1, -0.05) is 63.2 Å². The molecule has 0 saturated carbocycles. The Morgan fingerprint density at radius 3 is 2.33 bits per heavy atom. The van der Waals surface area contributed by atoms with Crippen LogP contribution in [0.15, 0.2) is 77.7 Å². The maximum absolute atomic E-state index is 13.1. The van der Waals surface area contributed by atoms with Gasteiger partial charge in [-0.25, -0.2) is 13.2 Å². The van der Waals surface area contributed by atoms with Crippen LogP contribution in [0.4, 0.5) is 10.5 Å². The number of hydrogen-bond acceptors (Lipinski definition) is 5. The van der Waals surface area contributed by atoms with Crippen molar-refractivity contribution in [1.82, 2.24) is 10.3 Å². The third kappa shape index (κ3) is 5.53. The van der Waals surface area contributed by atoms with Crippen LogP contribution in [0.5, 0.6) is 5.88 Å². The molecule has 4 aromatic rings. The smallest absolute Gasteiger partial charge is 0.395 e. The van der Waals surface area contributed by atoms with Crippen molar-refractivity contribution >= 4 is 32.7 Å². The van der Waals surface area contributed by atoms with Crippen molar-refractivity contribution in [2.45, 2.75) is 31.1 Å². The standard InChI is InChI=1S/C27H29N3O5S/c1-27(2,3)19-9-12-21(13-10-19)36(33,34)30-20-11-14-23-22(17-20)24(18-7-5-4-6-8-18)25(29-23)35-26(32)28-15-16-31/h4-14,17,29-31H,15-16H2,1-3H3,(H,28,32). The van der Waals surface area contributed by atoms with Crippen LogP contribution < -0.4 is 14.8 Å². The predicted molar refractivity (Wildman–Crippen MR) is 141 cm³/mol. The average molecular weight is 508 g/mol. The molecular formula is C27H29N3O5S. The molecule has 36 heavy (non-hydrogen) atoms. The number of sulfonamides is 1. The highest BCUT2D eigenvalue weighted by atomic mass is 32.2. The quantitative estimate of drug-likeness (QED) is 0.280. The van der Waals surface area contributed by atoms with Crippen molar-refractivity contribution < 1.29 is 23.1 Å². The second kappa shape index (κ2) is 10.0. The summed E-state index contributed by atoms with van der Waals surface area (Å²) < 4.78 is 34.3. The van der Waals surface area contributed by atoms with E-state index in [1.165, 1.54) is 0 Å². The minimum Gasteiger partial charge on any atom is -0.395 e. The number of nitrogens with one attached hydrogen (secondary N) is 3. The first-order valence-electron chi connectivity index (χ1n) is 11.5. The van der Waals surface area contributed by atoms with E-state index >= 15 is 0 Å². The third-order valence-corrected chi connectivity index (χ3v) is 7.08. The topological polar surface area (TPSA) is 121 Å². The van der Waals surface area contributed by atoms with Crippen molar-refractivity contribution in [2.75, 3.05) is 17.9 Å². The number of aliphatic hydroxyl groups is 1. The summed E-state index contributed by atoms with van der Waals surface area (Å²) >= 11 is 0. The minimum absolute atomic E-state index is 0.0579. The molecule has 9 heteroatoms. The Morgan fingerprint density at radius 1 is 1.00 bits per heavy atom. The highest BCUT2D eigenvalue weighted by Crippen LogP contribution is 2.39. The van der Waals surface area contributed by atoms with Gasteiger partial charge in [0.2, 0.25) is 5.88 Å². The molecule has 4 N–H and O–H groups in total. The molecule has 0 fully saturated rings. The van der Waals surface area contributed by atoms with E-state index in [0.29, 0.717) is 22.2 Å². The van der Waals surface area contributed by atoms with Crippen molar-refractivity contribution in [3.63, 3.8) is 0 Å². The van der Waals surface area contributed by atoms with Gasteiger partial charge in [-0.3, -0.25) is 4.72 Å². The fourth-order valence-corrected chi connectivity index (χ4v) is 4.88. The number of benzene rings is 3. The number of ether oxygens (including phenoxy) is 1. The lowest BCUT2D eigenvalue weighted by molar-refractivity contribution is 0.194. The van der Waals surface area contributed by atoms with Crippen LogP contribution >= 0.6 is 0 Å². The van der Waals surface area contributed by atoms with Gasteiger partial charge in [0.15, 0.2) is 0 Å². The van der Waals surface area contributed by atoms with Gasteiger partial charge in [-0.2, -0.15) is 0 Å². The summed E-state index contributed by atoms with van der Waals surface area (Å²) in [5.74, 6) is 0.212. The predicted octanol–water partition coefficient (Wildman–Crippen LogP) is 5.01. The third-order valence-electron chi connectivity index (χ3n) is 5.69. The van der Waals surface area contributed by atoms with Crippen LogP contribution in [0.25, 0.3) is 22.0 Å². The number of rotatable bonds is 7. The highest BCUT2D eigenvalue weighted by Gasteiger charge is 2.21. The molecule has 0 saturated heterocycles. The second-order valence-electron chi connectivity index (χ2n) is 9.38. The Balaban J connectivity index is 1.70. The lowest BCUT2D eigenvalue weighted by atomic mass is 9.87. The first-order chi connectivity index (χ1) is 17.1. The molecule has 4 rings (SSSR count). The van der Waals surface area contributed by atoms with E-state index < -0.39 is 16.1 Å². The Hall–Kier alpha value is -3.82. The fourth-order valence-electron chi connectivity index (χ4n) is 3.83. The minimum atomic E-state index is -3.82. The van der Waals surface area contributed by atoms with E-state index in [4.69, 9.17) is 9.84 Å². The number of amides is 1. The Morgan fingerprint density at radius 2 is 1.69 bits per heavy atom. The summed E-state index contributed by atoms with van der Waals surface area (Å²) in [5, 5.41) is 12.1. The first-order valence-corrected chi connectivity index (χ1v) is 13.0. The number of carbonyl (C=O) groups excluding carboxylic acids is 1. The zero-order valence-electron chi connectivity index (χ0n) is 20.3. The monoisotopic (exact) mass is 507 g/mol. The van der Waals surface area contributed by atoms with Crippen molar-refractivity contribution in [3.8, 4) is 17.0 Å². The van der Waals surface area contributed by atoms with Gasteiger partial charge in [-0.15, -0.1) is 0 Å². The van der Waals surface area contributed by atoms with Crippen LogP contribution in [0, 0.1) is 0 Å². The summed E-state index contributed by atoms with van der Waals surface area (Å²) in [7, 11) is -3.82. The number of aromatic amines is 1. The van der Waals surface area contributed by atoms with E-state index in [0.717, 1.165) is 11.1 Å². The summed E-state index contributed by atoms with van der Waals surface area (Å²) in [6, 6.07) is 21.2. The van der Waals surface area contributed by atoms with Crippen LogP contribution in [-0.4, -0.2) is 37.8 Å². The Labute approximate surface area is 210 Å². The number of H-pyrrole nitrogens is 1. The summed E-state index contributed by atoms with van der Waals surface area (Å²) in [6.45, 7) is 6.05. The van der Waals surface area contributed by atoms with Gasteiger partial charge in [-0.05, 0) is 46.9 Å². The van der Waals surface area contributed by atoms with Crippen molar-refractivity contribution in [3.05, 3.63) is 78.4 Å². The maximum atomic E-state index is 13.1. The van der Waals surface area contributed by atoms with Crippen LogP contribution in [0.1, 0.15) is 26.3 Å². The first kappa shape index (κ1) is 25.3. The molecular weight excluding hydrogens is 478 g/mol. The number of hydrogen-bond donors (Lipinski definition) is 4. The molecule has 0 spiro atoms.